The lowest BCUT2D eigenvalue weighted by Gasteiger charge is -2.28. The van der Waals surface area contributed by atoms with E-state index >= 15 is 0 Å². The van der Waals surface area contributed by atoms with E-state index < -0.39 is 11.8 Å². The minimum Gasteiger partial charge on any atom is -0.385 e. The monoisotopic (exact) mass is 509 g/mol. The van der Waals surface area contributed by atoms with Gasteiger partial charge in [0.15, 0.2) is 10.7 Å². The van der Waals surface area contributed by atoms with Gasteiger partial charge in [-0.15, -0.1) is 0 Å². The van der Waals surface area contributed by atoms with Crippen molar-refractivity contribution in [1.29, 1.82) is 0 Å². The van der Waals surface area contributed by atoms with E-state index in [2.05, 4.69) is 9.88 Å². The van der Waals surface area contributed by atoms with Crippen LogP contribution in [0.5, 0.6) is 0 Å². The van der Waals surface area contributed by atoms with Gasteiger partial charge in [0.1, 0.15) is 12.0 Å². The molecule has 0 atom stereocenters. The van der Waals surface area contributed by atoms with Crippen molar-refractivity contribution in [2.24, 2.45) is 0 Å². The highest BCUT2D eigenvalue weighted by atomic mass is 32.1. The highest BCUT2D eigenvalue weighted by Gasteiger charge is 2.42. The van der Waals surface area contributed by atoms with Gasteiger partial charge in [0.05, 0.1) is 21.5 Å². The summed E-state index contributed by atoms with van der Waals surface area (Å²) in [4.78, 5) is 20.4. The van der Waals surface area contributed by atoms with Crippen LogP contribution in [-0.4, -0.2) is 51.0 Å². The number of nitrogens with zero attached hydrogens (tertiary/aromatic N) is 3. The van der Waals surface area contributed by atoms with E-state index in [1.807, 2.05) is 28.8 Å². The molecule has 1 saturated heterocycles. The fraction of sp³-hybridized carbons (Fsp3) is 0.429. The number of benzene rings is 2. The first-order valence-electron chi connectivity index (χ1n) is 12.7. The Balaban J connectivity index is 1.13. The van der Waals surface area contributed by atoms with Crippen LogP contribution in [0, 0.1) is 5.82 Å². The number of unbranched alkanes of at least 4 members (excludes halogenated alkanes) is 1. The number of alkyl halides is 1. The lowest BCUT2D eigenvalue weighted by Crippen LogP contribution is -2.35. The molecule has 0 bridgehead atoms. The second kappa shape index (κ2) is 9.32. The number of carbonyl (C=O) groups is 1. The summed E-state index contributed by atoms with van der Waals surface area (Å²) in [7, 11) is 0. The van der Waals surface area contributed by atoms with E-state index in [1.165, 1.54) is 17.4 Å². The first-order chi connectivity index (χ1) is 17.4. The zero-order chi connectivity index (χ0) is 24.9. The number of aliphatic hydroxyl groups is 1. The Morgan fingerprint density at radius 1 is 1.14 bits per heavy atom. The third-order valence-corrected chi connectivity index (χ3v) is 8.58. The fourth-order valence-electron chi connectivity index (χ4n) is 5.11. The van der Waals surface area contributed by atoms with Crippen LogP contribution in [-0.2, 0) is 5.60 Å². The number of Topliss-reactive ketones (excluding diaryl/α,β-unsaturated/α-hetero) is 1. The maximum Gasteiger partial charge on any atom is 0.195 e. The smallest absolute Gasteiger partial charge is 0.195 e. The number of ketones is 1. The van der Waals surface area contributed by atoms with Gasteiger partial charge in [-0.2, -0.15) is 0 Å². The quantitative estimate of drug-likeness (QED) is 0.230. The number of imidazole rings is 1. The summed E-state index contributed by atoms with van der Waals surface area (Å²) in [6, 6.07) is 10.6. The van der Waals surface area contributed by atoms with Crippen LogP contribution in [0.15, 0.2) is 42.6 Å². The normalized spacial score (nSPS) is 18.3. The van der Waals surface area contributed by atoms with Crippen molar-refractivity contribution in [3.63, 3.8) is 0 Å². The van der Waals surface area contributed by atoms with Crippen molar-refractivity contribution in [2.45, 2.75) is 56.7 Å². The lowest BCUT2D eigenvalue weighted by molar-refractivity contribution is 0.0976. The van der Waals surface area contributed by atoms with Crippen LogP contribution in [0.25, 0.3) is 26.4 Å². The first kappa shape index (κ1) is 23.7. The molecule has 2 fully saturated rings. The molecule has 188 valence electrons. The minimum atomic E-state index is -0.868. The molecular weight excluding hydrogens is 480 g/mol. The Bertz CT molecular complexity index is 1430. The SMILES string of the molecule is O=C(CCCCN1CCC(F)CC1)c1ccc2c(c1)sc1nc(-c3ccc(C4(O)CC4)cc3F)cn12. The molecule has 0 radical (unpaired) electrons. The lowest BCUT2D eigenvalue weighted by atomic mass is 10.0. The predicted molar refractivity (Wildman–Crippen MR) is 138 cm³/mol. The van der Waals surface area contributed by atoms with E-state index in [0.717, 1.165) is 47.7 Å². The average Bonchev–Trinajstić information content (AvgIpc) is 3.35. The Morgan fingerprint density at radius 3 is 2.69 bits per heavy atom. The van der Waals surface area contributed by atoms with Gasteiger partial charge in [-0.25, -0.2) is 13.8 Å². The standard InChI is InChI=1S/C28H29F2N3O2S/c29-20-8-13-32(14-9-20)12-2-1-3-25(34)18-4-7-24-26(15-18)36-27-31-23(17-33(24)27)21-6-5-19(16-22(21)30)28(35)10-11-28/h4-7,15-17,20,35H,1-3,8-14H2. The Kier molecular flexibility index (Phi) is 6.14. The number of hydrogen-bond donors (Lipinski definition) is 1. The molecule has 1 saturated carbocycles. The van der Waals surface area contributed by atoms with Crippen LogP contribution < -0.4 is 0 Å². The Labute approximate surface area is 212 Å². The number of carbonyl (C=O) groups excluding carboxylic acids is 1. The third-order valence-electron chi connectivity index (χ3n) is 7.57. The van der Waals surface area contributed by atoms with Gasteiger partial charge >= 0.3 is 0 Å². The number of halogens is 2. The van der Waals surface area contributed by atoms with Crippen molar-refractivity contribution in [2.75, 3.05) is 19.6 Å². The van der Waals surface area contributed by atoms with E-state index in [9.17, 15) is 18.7 Å². The molecule has 0 amide bonds. The summed E-state index contributed by atoms with van der Waals surface area (Å²) >= 11 is 1.48. The van der Waals surface area contributed by atoms with Crippen molar-refractivity contribution in [3.05, 3.63) is 59.5 Å². The molecule has 4 aromatic rings. The van der Waals surface area contributed by atoms with E-state index in [1.54, 1.807) is 12.1 Å². The second-order valence-corrected chi connectivity index (χ2v) is 11.2. The maximum absolute atomic E-state index is 14.8. The predicted octanol–water partition coefficient (Wildman–Crippen LogP) is 6.12. The van der Waals surface area contributed by atoms with Gasteiger partial charge in [-0.1, -0.05) is 17.4 Å². The summed E-state index contributed by atoms with van der Waals surface area (Å²) in [6.45, 7) is 2.55. The number of aromatic nitrogens is 2. The van der Waals surface area contributed by atoms with Crippen molar-refractivity contribution in [1.82, 2.24) is 14.3 Å². The largest absolute Gasteiger partial charge is 0.385 e. The molecule has 3 heterocycles. The first-order valence-corrected chi connectivity index (χ1v) is 13.6. The van der Waals surface area contributed by atoms with Crippen LogP contribution >= 0.6 is 11.3 Å². The molecular formula is C28H29F2N3O2S. The highest BCUT2D eigenvalue weighted by molar-refractivity contribution is 7.23. The second-order valence-electron chi connectivity index (χ2n) is 10.2. The van der Waals surface area contributed by atoms with E-state index in [4.69, 9.17) is 0 Å². The van der Waals surface area contributed by atoms with Crippen LogP contribution in [0.1, 0.15) is 60.9 Å². The third kappa shape index (κ3) is 4.58. The van der Waals surface area contributed by atoms with E-state index in [0.29, 0.717) is 54.5 Å². The summed E-state index contributed by atoms with van der Waals surface area (Å²) in [6.07, 6.45) is 6.02. The summed E-state index contributed by atoms with van der Waals surface area (Å²) in [5.41, 5.74) is 2.34. The van der Waals surface area contributed by atoms with Gasteiger partial charge in [0, 0.05) is 36.8 Å². The summed E-state index contributed by atoms with van der Waals surface area (Å²) in [5.74, 6) is -0.256. The molecule has 0 spiro atoms. The Hall–Kier alpha value is -2.68. The topological polar surface area (TPSA) is 57.8 Å². The average molecular weight is 510 g/mol. The molecule has 5 nitrogen and oxygen atoms in total. The van der Waals surface area contributed by atoms with E-state index in [-0.39, 0.29) is 11.6 Å². The number of hydrogen-bond acceptors (Lipinski definition) is 5. The highest BCUT2D eigenvalue weighted by Crippen LogP contribution is 2.46. The zero-order valence-corrected chi connectivity index (χ0v) is 20.9. The van der Waals surface area contributed by atoms with Crippen molar-refractivity contribution >= 4 is 32.3 Å². The van der Waals surface area contributed by atoms with Gasteiger partial charge in [-0.3, -0.25) is 9.20 Å². The maximum atomic E-state index is 14.8. The molecule has 1 aliphatic heterocycles. The number of fused-ring (bicyclic) bond motifs is 3. The van der Waals surface area contributed by atoms with Gasteiger partial charge in [0.25, 0.3) is 0 Å². The number of likely N-dealkylation sites (tertiary alicyclic amines) is 1. The van der Waals surface area contributed by atoms with Crippen LogP contribution in [0.3, 0.4) is 0 Å². The molecule has 6 rings (SSSR count). The zero-order valence-electron chi connectivity index (χ0n) is 20.1. The fourth-order valence-corrected chi connectivity index (χ4v) is 6.16. The van der Waals surface area contributed by atoms with Crippen molar-refractivity contribution in [3.8, 4) is 11.3 Å². The number of rotatable bonds is 8. The van der Waals surface area contributed by atoms with Crippen molar-refractivity contribution < 1.29 is 18.7 Å². The number of thiazole rings is 1. The molecule has 1 aliphatic carbocycles. The molecule has 0 unspecified atom stereocenters. The molecule has 36 heavy (non-hydrogen) atoms. The minimum absolute atomic E-state index is 0.130. The van der Waals surface area contributed by atoms with Crippen LogP contribution in [0.2, 0.25) is 0 Å². The number of piperidine rings is 1. The molecule has 8 heteroatoms. The summed E-state index contributed by atoms with van der Waals surface area (Å²) < 4.78 is 31.0. The molecule has 2 aromatic carbocycles. The van der Waals surface area contributed by atoms with Gasteiger partial charge in [0.2, 0.25) is 0 Å². The molecule has 1 N–H and O–H groups in total. The van der Waals surface area contributed by atoms with Gasteiger partial charge < -0.3 is 10.0 Å². The molecule has 2 aliphatic rings. The van der Waals surface area contributed by atoms with Crippen LogP contribution in [0.4, 0.5) is 8.78 Å². The summed E-state index contributed by atoms with van der Waals surface area (Å²) in [5, 5.41) is 10.2. The Morgan fingerprint density at radius 2 is 1.94 bits per heavy atom. The van der Waals surface area contributed by atoms with Gasteiger partial charge in [-0.05, 0) is 81.0 Å². The molecule has 2 aromatic heterocycles.